The van der Waals surface area contributed by atoms with Gasteiger partial charge in [-0.1, -0.05) is 17.7 Å². The fourth-order valence-corrected chi connectivity index (χ4v) is 4.61. The van der Waals surface area contributed by atoms with Crippen LogP contribution in [0.25, 0.3) is 0 Å². The van der Waals surface area contributed by atoms with Crippen LogP contribution in [-0.4, -0.2) is 28.0 Å². The van der Waals surface area contributed by atoms with E-state index in [0.717, 1.165) is 18.4 Å². The summed E-state index contributed by atoms with van der Waals surface area (Å²) in [5.74, 6) is 0.564. The topological polar surface area (TPSA) is 75.7 Å². The average molecular weight is 388 g/mol. The normalized spacial score (nSPS) is 14.9. The number of hydrogen-bond acceptors (Lipinski definition) is 4. The molecule has 0 saturated carbocycles. The summed E-state index contributed by atoms with van der Waals surface area (Å²) in [6.45, 7) is 4.29. The van der Waals surface area contributed by atoms with Crippen molar-refractivity contribution in [3.05, 3.63) is 47.5 Å². The van der Waals surface area contributed by atoms with Crippen molar-refractivity contribution in [1.29, 1.82) is 0 Å². The molecule has 1 saturated heterocycles. The van der Waals surface area contributed by atoms with Crippen LogP contribution < -0.4 is 14.4 Å². The third-order valence-corrected chi connectivity index (χ3v) is 6.21. The molecule has 1 aliphatic rings. The molecule has 0 aromatic heterocycles. The summed E-state index contributed by atoms with van der Waals surface area (Å²) in [6.07, 6.45) is 2.27. The number of rotatable bonds is 5. The number of benzene rings is 2. The first-order valence-electron chi connectivity index (χ1n) is 8.90. The van der Waals surface area contributed by atoms with Gasteiger partial charge in [-0.2, -0.15) is 0 Å². The Morgan fingerprint density at radius 2 is 1.85 bits per heavy atom. The number of ether oxygens (including phenoxy) is 1. The van der Waals surface area contributed by atoms with Gasteiger partial charge in [0.05, 0.1) is 23.4 Å². The molecule has 0 radical (unpaired) electrons. The van der Waals surface area contributed by atoms with Crippen LogP contribution in [0.1, 0.15) is 30.4 Å². The van der Waals surface area contributed by atoms with Gasteiger partial charge in [-0.05, 0) is 56.5 Å². The summed E-state index contributed by atoms with van der Waals surface area (Å²) in [5.41, 5.74) is 2.66. The Hall–Kier alpha value is -2.54. The maximum Gasteiger partial charge on any atom is 0.262 e. The Morgan fingerprint density at radius 3 is 2.52 bits per heavy atom. The summed E-state index contributed by atoms with van der Waals surface area (Å²) in [7, 11) is -2.20. The molecule has 1 N–H and O–H groups in total. The lowest BCUT2D eigenvalue weighted by atomic mass is 10.1. The minimum atomic E-state index is -3.74. The van der Waals surface area contributed by atoms with E-state index in [9.17, 15) is 13.2 Å². The number of carbonyl (C=O) groups is 1. The van der Waals surface area contributed by atoms with Crippen LogP contribution in [-0.2, 0) is 14.8 Å². The molecule has 3 rings (SSSR count). The largest absolute Gasteiger partial charge is 0.495 e. The zero-order valence-electron chi connectivity index (χ0n) is 15.8. The van der Waals surface area contributed by atoms with E-state index in [2.05, 4.69) is 4.72 Å². The summed E-state index contributed by atoms with van der Waals surface area (Å²) < 4.78 is 33.6. The van der Waals surface area contributed by atoms with Crippen molar-refractivity contribution in [2.45, 2.75) is 38.0 Å². The fraction of sp³-hybridized carbons (Fsp3) is 0.350. The maximum atomic E-state index is 12.8. The number of nitrogens with zero attached hydrogens (tertiary/aromatic N) is 1. The van der Waals surface area contributed by atoms with Crippen LogP contribution in [0.5, 0.6) is 5.75 Å². The van der Waals surface area contributed by atoms with Gasteiger partial charge < -0.3 is 9.64 Å². The zero-order valence-corrected chi connectivity index (χ0v) is 16.6. The van der Waals surface area contributed by atoms with Crippen LogP contribution in [0, 0.1) is 13.8 Å². The van der Waals surface area contributed by atoms with Crippen molar-refractivity contribution >= 4 is 27.3 Å². The van der Waals surface area contributed by atoms with Crippen LogP contribution in [0.4, 0.5) is 11.4 Å². The van der Waals surface area contributed by atoms with Gasteiger partial charge >= 0.3 is 0 Å². The van der Waals surface area contributed by atoms with E-state index in [1.165, 1.54) is 7.11 Å². The number of piperidine rings is 1. The predicted molar refractivity (Wildman–Crippen MR) is 106 cm³/mol. The van der Waals surface area contributed by atoms with Gasteiger partial charge in [0.2, 0.25) is 5.91 Å². The highest BCUT2D eigenvalue weighted by molar-refractivity contribution is 7.92. The first kappa shape index (κ1) is 19.2. The molecule has 1 amide bonds. The summed E-state index contributed by atoms with van der Waals surface area (Å²) >= 11 is 0. The first-order valence-corrected chi connectivity index (χ1v) is 10.4. The molecule has 144 valence electrons. The van der Waals surface area contributed by atoms with Crippen molar-refractivity contribution in [1.82, 2.24) is 0 Å². The van der Waals surface area contributed by atoms with Crippen LogP contribution in [0.3, 0.4) is 0 Å². The second-order valence-electron chi connectivity index (χ2n) is 6.76. The highest BCUT2D eigenvalue weighted by Gasteiger charge is 2.24. The monoisotopic (exact) mass is 388 g/mol. The SMILES string of the molecule is COc1ccc(NS(=O)(=O)c2ccc(C)cc2C)cc1N1CCCCC1=O. The highest BCUT2D eigenvalue weighted by Crippen LogP contribution is 2.34. The second kappa shape index (κ2) is 7.60. The third-order valence-electron chi connectivity index (χ3n) is 4.67. The summed E-state index contributed by atoms with van der Waals surface area (Å²) in [6, 6.07) is 10.2. The maximum absolute atomic E-state index is 12.8. The fourth-order valence-electron chi connectivity index (χ4n) is 3.34. The molecule has 27 heavy (non-hydrogen) atoms. The number of nitrogens with one attached hydrogen (secondary N) is 1. The first-order chi connectivity index (χ1) is 12.8. The molecule has 0 aliphatic carbocycles. The van der Waals surface area contributed by atoms with Gasteiger partial charge in [0, 0.05) is 13.0 Å². The van der Waals surface area contributed by atoms with Gasteiger partial charge in [0.15, 0.2) is 0 Å². The number of hydrogen-bond donors (Lipinski definition) is 1. The third kappa shape index (κ3) is 4.08. The van der Waals surface area contributed by atoms with Crippen LogP contribution in [0.2, 0.25) is 0 Å². The lowest BCUT2D eigenvalue weighted by Gasteiger charge is -2.28. The number of anilines is 2. The van der Waals surface area contributed by atoms with E-state index in [-0.39, 0.29) is 10.8 Å². The molecular formula is C20H24N2O4S. The van der Waals surface area contributed by atoms with Crippen LogP contribution >= 0.6 is 0 Å². The molecule has 0 atom stereocenters. The van der Waals surface area contributed by atoms with Gasteiger partial charge in [-0.15, -0.1) is 0 Å². The molecule has 1 aliphatic heterocycles. The van der Waals surface area contributed by atoms with E-state index in [1.807, 2.05) is 13.0 Å². The molecular weight excluding hydrogens is 364 g/mol. The van der Waals surface area contributed by atoms with Gasteiger partial charge in [0.25, 0.3) is 10.0 Å². The number of methoxy groups -OCH3 is 1. The number of amides is 1. The van der Waals surface area contributed by atoms with Crippen molar-refractivity contribution < 1.29 is 17.9 Å². The van der Waals surface area contributed by atoms with E-state index in [0.29, 0.717) is 35.7 Å². The Kier molecular flexibility index (Phi) is 5.41. The van der Waals surface area contributed by atoms with Gasteiger partial charge in [-0.3, -0.25) is 9.52 Å². The highest BCUT2D eigenvalue weighted by atomic mass is 32.2. The molecule has 0 bridgehead atoms. The minimum Gasteiger partial charge on any atom is -0.495 e. The van der Waals surface area contributed by atoms with E-state index >= 15 is 0 Å². The summed E-state index contributed by atoms with van der Waals surface area (Å²) in [5, 5.41) is 0. The average Bonchev–Trinajstić information content (AvgIpc) is 2.61. The lowest BCUT2D eigenvalue weighted by Crippen LogP contribution is -2.35. The zero-order chi connectivity index (χ0) is 19.6. The van der Waals surface area contributed by atoms with E-state index in [1.54, 1.807) is 42.2 Å². The van der Waals surface area contributed by atoms with Crippen molar-refractivity contribution in [3.8, 4) is 5.75 Å². The molecule has 2 aromatic rings. The summed E-state index contributed by atoms with van der Waals surface area (Å²) in [4.78, 5) is 14.2. The second-order valence-corrected chi connectivity index (χ2v) is 8.41. The molecule has 7 heteroatoms. The van der Waals surface area contributed by atoms with Gasteiger partial charge in [-0.25, -0.2) is 8.42 Å². The smallest absolute Gasteiger partial charge is 0.262 e. The molecule has 0 spiro atoms. The van der Waals surface area contributed by atoms with Gasteiger partial charge in [0.1, 0.15) is 5.75 Å². The Bertz CT molecular complexity index is 970. The minimum absolute atomic E-state index is 0.0222. The lowest BCUT2D eigenvalue weighted by molar-refractivity contribution is -0.119. The quantitative estimate of drug-likeness (QED) is 0.849. The van der Waals surface area contributed by atoms with Crippen LogP contribution in [0.15, 0.2) is 41.3 Å². The Morgan fingerprint density at radius 1 is 1.07 bits per heavy atom. The standard InChI is InChI=1S/C20H24N2O4S/c1-14-7-10-19(15(2)12-14)27(24,25)21-16-8-9-18(26-3)17(13-16)22-11-5-4-6-20(22)23/h7-10,12-13,21H,4-6,11H2,1-3H3. The number of carbonyl (C=O) groups excluding carboxylic acids is 1. The molecule has 1 heterocycles. The number of sulfonamides is 1. The van der Waals surface area contributed by atoms with Crippen molar-refractivity contribution in [3.63, 3.8) is 0 Å². The molecule has 6 nitrogen and oxygen atoms in total. The molecule has 2 aromatic carbocycles. The Balaban J connectivity index is 1.95. The number of aryl methyl sites for hydroxylation is 2. The molecule has 0 unspecified atom stereocenters. The van der Waals surface area contributed by atoms with Crippen molar-refractivity contribution in [2.75, 3.05) is 23.3 Å². The Labute approximate surface area is 160 Å². The van der Waals surface area contributed by atoms with E-state index < -0.39 is 10.0 Å². The molecule has 1 fully saturated rings. The predicted octanol–water partition coefficient (Wildman–Crippen LogP) is 3.63. The van der Waals surface area contributed by atoms with E-state index in [4.69, 9.17) is 4.74 Å². The van der Waals surface area contributed by atoms with Crippen molar-refractivity contribution in [2.24, 2.45) is 0 Å².